The van der Waals surface area contributed by atoms with Gasteiger partial charge in [0.05, 0.1) is 11.9 Å². The highest BCUT2D eigenvalue weighted by atomic mass is 16.5. The van der Waals surface area contributed by atoms with Crippen molar-refractivity contribution in [3.8, 4) is 0 Å². The predicted octanol–water partition coefficient (Wildman–Crippen LogP) is 3.32. The average molecular weight is 240 g/mol. The minimum atomic E-state index is -0.176. The molecule has 1 saturated carbocycles. The highest BCUT2D eigenvalue weighted by Gasteiger charge is 2.22. The molecule has 0 aliphatic heterocycles. The van der Waals surface area contributed by atoms with Crippen molar-refractivity contribution in [2.24, 2.45) is 17.1 Å². The molecule has 1 fully saturated rings. The van der Waals surface area contributed by atoms with Crippen LogP contribution in [0, 0.1) is 16.7 Å². The molecular weight excluding hydrogens is 212 g/mol. The Hall–Kier alpha value is -0.570. The predicted molar refractivity (Wildman–Crippen MR) is 72.3 cm³/mol. The zero-order valence-corrected chi connectivity index (χ0v) is 11.6. The summed E-state index contributed by atoms with van der Waals surface area (Å²) >= 11 is 0. The number of rotatable bonds is 6. The molecule has 1 rings (SSSR count). The second-order valence-electron chi connectivity index (χ2n) is 6.15. The first kappa shape index (κ1) is 14.5. The molecule has 100 valence electrons. The lowest BCUT2D eigenvalue weighted by molar-refractivity contribution is 0.0162. The number of hydrogen-bond acceptors (Lipinski definition) is 2. The second kappa shape index (κ2) is 6.39. The fourth-order valence-corrected chi connectivity index (χ4v) is 2.29. The van der Waals surface area contributed by atoms with Crippen LogP contribution in [0.2, 0.25) is 0 Å². The van der Waals surface area contributed by atoms with Crippen molar-refractivity contribution in [3.63, 3.8) is 0 Å². The van der Waals surface area contributed by atoms with E-state index in [9.17, 15) is 0 Å². The molecule has 0 unspecified atom stereocenters. The molecule has 17 heavy (non-hydrogen) atoms. The van der Waals surface area contributed by atoms with Crippen LogP contribution in [0.4, 0.5) is 0 Å². The molecule has 0 aromatic carbocycles. The van der Waals surface area contributed by atoms with Crippen molar-refractivity contribution in [1.82, 2.24) is 0 Å². The van der Waals surface area contributed by atoms with Gasteiger partial charge in [-0.15, -0.1) is 0 Å². The molecular formula is C14H28N2O. The Balaban J connectivity index is 2.10. The first-order valence-electron chi connectivity index (χ1n) is 6.88. The van der Waals surface area contributed by atoms with Gasteiger partial charge in [-0.2, -0.15) is 0 Å². The fourth-order valence-electron chi connectivity index (χ4n) is 2.29. The summed E-state index contributed by atoms with van der Waals surface area (Å²) in [6.07, 6.45) is 7.47. The lowest BCUT2D eigenvalue weighted by Crippen LogP contribution is -2.31. The van der Waals surface area contributed by atoms with Gasteiger partial charge in [-0.1, -0.05) is 20.8 Å². The number of ether oxygens (including phenoxy) is 1. The Kier molecular flexibility index (Phi) is 5.44. The molecule has 3 heteroatoms. The number of nitrogens with one attached hydrogen (secondary N) is 1. The monoisotopic (exact) mass is 240 g/mol. The second-order valence-corrected chi connectivity index (χ2v) is 6.15. The summed E-state index contributed by atoms with van der Waals surface area (Å²) in [4.78, 5) is 0. The highest BCUT2D eigenvalue weighted by molar-refractivity contribution is 5.82. The summed E-state index contributed by atoms with van der Waals surface area (Å²) in [6.45, 7) is 7.19. The quantitative estimate of drug-likeness (QED) is 0.425. The molecule has 1 aliphatic rings. The minimum absolute atomic E-state index is 0.176. The minimum Gasteiger partial charge on any atom is -0.387 e. The molecule has 0 aromatic heterocycles. The summed E-state index contributed by atoms with van der Waals surface area (Å²) in [6, 6.07) is 0. The van der Waals surface area contributed by atoms with Gasteiger partial charge < -0.3 is 10.5 Å². The van der Waals surface area contributed by atoms with Crippen LogP contribution < -0.4 is 5.73 Å². The molecule has 1 aliphatic carbocycles. The molecule has 0 amide bonds. The molecule has 0 heterocycles. The maximum Gasteiger partial charge on any atom is 0.0963 e. The summed E-state index contributed by atoms with van der Waals surface area (Å²) in [5, 5.41) is 7.49. The zero-order chi connectivity index (χ0) is 12.9. The first-order valence-corrected chi connectivity index (χ1v) is 6.88. The van der Waals surface area contributed by atoms with Gasteiger partial charge >= 0.3 is 0 Å². The third-order valence-corrected chi connectivity index (χ3v) is 3.99. The van der Waals surface area contributed by atoms with Crippen molar-refractivity contribution in [1.29, 1.82) is 5.41 Å². The van der Waals surface area contributed by atoms with Crippen LogP contribution >= 0.6 is 0 Å². The lowest BCUT2D eigenvalue weighted by Gasteiger charge is -2.27. The van der Waals surface area contributed by atoms with E-state index in [-0.39, 0.29) is 11.3 Å². The molecule has 0 radical (unpaired) electrons. The van der Waals surface area contributed by atoms with Gasteiger partial charge in [-0.3, -0.25) is 5.41 Å². The van der Waals surface area contributed by atoms with Crippen molar-refractivity contribution >= 4 is 5.84 Å². The highest BCUT2D eigenvalue weighted by Crippen LogP contribution is 2.26. The molecule has 3 N–H and O–H groups in total. The molecule has 0 aromatic rings. The van der Waals surface area contributed by atoms with E-state index in [0.717, 1.165) is 25.4 Å². The van der Waals surface area contributed by atoms with Crippen LogP contribution in [0.3, 0.4) is 0 Å². The molecule has 3 nitrogen and oxygen atoms in total. The third-order valence-electron chi connectivity index (χ3n) is 3.99. The van der Waals surface area contributed by atoms with Gasteiger partial charge in [0.15, 0.2) is 0 Å². The topological polar surface area (TPSA) is 59.1 Å². The van der Waals surface area contributed by atoms with E-state index in [4.69, 9.17) is 15.9 Å². The van der Waals surface area contributed by atoms with E-state index in [2.05, 4.69) is 6.92 Å². The van der Waals surface area contributed by atoms with E-state index < -0.39 is 0 Å². The van der Waals surface area contributed by atoms with Crippen LogP contribution in [-0.4, -0.2) is 18.5 Å². The Morgan fingerprint density at radius 1 is 1.29 bits per heavy atom. The normalized spacial score (nSPS) is 25.8. The fraction of sp³-hybridized carbons (Fsp3) is 0.929. The molecule has 0 bridgehead atoms. The van der Waals surface area contributed by atoms with E-state index in [1.807, 2.05) is 13.8 Å². The standard InChI is InChI=1S/C14H28N2O/c1-11-5-7-12(8-6-11)17-10-4-9-14(2,3)13(15)16/h11-12H,4-10H2,1-3H3,(H3,15,16). The van der Waals surface area contributed by atoms with Gasteiger partial charge in [0, 0.05) is 12.0 Å². The first-order chi connectivity index (χ1) is 7.92. The van der Waals surface area contributed by atoms with E-state index in [1.54, 1.807) is 0 Å². The smallest absolute Gasteiger partial charge is 0.0963 e. The largest absolute Gasteiger partial charge is 0.387 e. The van der Waals surface area contributed by atoms with Crippen molar-refractivity contribution in [2.45, 2.75) is 65.4 Å². The Morgan fingerprint density at radius 3 is 2.41 bits per heavy atom. The average Bonchev–Trinajstić information content (AvgIpc) is 2.26. The van der Waals surface area contributed by atoms with E-state index in [0.29, 0.717) is 6.10 Å². The zero-order valence-electron chi connectivity index (χ0n) is 11.6. The molecule has 0 saturated heterocycles. The van der Waals surface area contributed by atoms with Gasteiger partial charge in [-0.25, -0.2) is 0 Å². The third kappa shape index (κ3) is 5.07. The number of hydrogen-bond donors (Lipinski definition) is 2. The lowest BCUT2D eigenvalue weighted by atomic mass is 9.86. The summed E-state index contributed by atoms with van der Waals surface area (Å²) in [5.74, 6) is 1.16. The van der Waals surface area contributed by atoms with Crippen LogP contribution in [0.5, 0.6) is 0 Å². The number of nitrogens with two attached hydrogens (primary N) is 1. The Bertz CT molecular complexity index is 243. The Morgan fingerprint density at radius 2 is 1.88 bits per heavy atom. The summed E-state index contributed by atoms with van der Waals surface area (Å²) in [5.41, 5.74) is 5.38. The van der Waals surface area contributed by atoms with Gasteiger partial charge in [0.1, 0.15) is 0 Å². The van der Waals surface area contributed by atoms with E-state index >= 15 is 0 Å². The number of amidine groups is 1. The van der Waals surface area contributed by atoms with Gasteiger partial charge in [-0.05, 0) is 44.4 Å². The molecule has 0 atom stereocenters. The van der Waals surface area contributed by atoms with Crippen LogP contribution in [-0.2, 0) is 4.74 Å². The van der Waals surface area contributed by atoms with Gasteiger partial charge in [0.2, 0.25) is 0 Å². The van der Waals surface area contributed by atoms with Gasteiger partial charge in [0.25, 0.3) is 0 Å². The van der Waals surface area contributed by atoms with Crippen LogP contribution in [0.1, 0.15) is 59.3 Å². The maximum absolute atomic E-state index is 7.49. The Labute approximate surface area is 106 Å². The summed E-state index contributed by atoms with van der Waals surface area (Å²) < 4.78 is 5.90. The van der Waals surface area contributed by atoms with E-state index in [1.165, 1.54) is 25.7 Å². The van der Waals surface area contributed by atoms with Crippen molar-refractivity contribution in [2.75, 3.05) is 6.61 Å². The van der Waals surface area contributed by atoms with Crippen LogP contribution in [0.15, 0.2) is 0 Å². The SMILES string of the molecule is CC1CCC(OCCCC(C)(C)C(=N)N)CC1. The maximum atomic E-state index is 7.49. The summed E-state index contributed by atoms with van der Waals surface area (Å²) in [7, 11) is 0. The molecule has 0 spiro atoms. The van der Waals surface area contributed by atoms with Crippen molar-refractivity contribution in [3.05, 3.63) is 0 Å². The van der Waals surface area contributed by atoms with Crippen LogP contribution in [0.25, 0.3) is 0 Å². The van der Waals surface area contributed by atoms with Crippen molar-refractivity contribution < 1.29 is 4.74 Å².